The summed E-state index contributed by atoms with van der Waals surface area (Å²) in [6.07, 6.45) is 12.8. The van der Waals surface area contributed by atoms with Crippen LogP contribution in [0.2, 0.25) is 0 Å². The van der Waals surface area contributed by atoms with Crippen LogP contribution in [0.25, 0.3) is 22.2 Å². The summed E-state index contributed by atoms with van der Waals surface area (Å²) in [5.41, 5.74) is 0.453. The van der Waals surface area contributed by atoms with Gasteiger partial charge in [-0.15, -0.1) is 23.2 Å². The zero-order valence-electron chi connectivity index (χ0n) is 23.6. The third kappa shape index (κ3) is 12.4. The molecule has 0 aromatic carbocycles. The lowest BCUT2D eigenvalue weighted by Gasteiger charge is -2.05. The zero-order valence-corrected chi connectivity index (χ0v) is 25.9. The first-order valence-electron chi connectivity index (χ1n) is 14.0. The third-order valence-electron chi connectivity index (χ3n) is 7.19. The van der Waals surface area contributed by atoms with E-state index in [1.807, 2.05) is 6.26 Å². The molecule has 2 aliphatic carbocycles. The van der Waals surface area contributed by atoms with E-state index in [2.05, 4.69) is 19.9 Å². The molecule has 0 amide bonds. The van der Waals surface area contributed by atoms with Crippen LogP contribution < -0.4 is 22.4 Å². The molecule has 0 unspecified atom stereocenters. The number of nitrogens with zero attached hydrogens (tertiary/aromatic N) is 2. The highest BCUT2D eigenvalue weighted by Gasteiger charge is 2.22. The second kappa shape index (κ2) is 20.4. The largest absolute Gasteiger partial charge is 0.403 e. The molecule has 2 saturated carbocycles. The summed E-state index contributed by atoms with van der Waals surface area (Å²) in [6, 6.07) is 2.84. The first-order valence-corrected chi connectivity index (χ1v) is 16.3. The molecule has 4 aromatic rings. The van der Waals surface area contributed by atoms with Gasteiger partial charge in [-0.3, -0.25) is 9.59 Å². The maximum absolute atomic E-state index is 12.1. The number of hydrogen-bond acceptors (Lipinski definition) is 9. The molecule has 4 heterocycles. The van der Waals surface area contributed by atoms with Crippen LogP contribution >= 0.6 is 35.0 Å². The van der Waals surface area contributed by atoms with Gasteiger partial charge in [-0.25, -0.2) is 9.59 Å². The Labute approximate surface area is 285 Å². The van der Waals surface area contributed by atoms with E-state index in [-0.39, 0.29) is 57.6 Å². The van der Waals surface area contributed by atoms with Gasteiger partial charge in [0.1, 0.15) is 16.6 Å². The lowest BCUT2D eigenvalue weighted by molar-refractivity contribution is 0.540. The van der Waals surface area contributed by atoms with E-state index in [9.17, 15) is 19.2 Å². The SMILES string of the molecule is C.C.C.C.CSc1nc2oc(=O)cc(CCCC3CC3)c2c(=O)[nH]1.Cc1nc2oc(=O)cc(CCCC3CC3)c2c(=O)[nH]1.ClCCl. The molecule has 2 fully saturated rings. The second-order valence-electron chi connectivity index (χ2n) is 10.5. The van der Waals surface area contributed by atoms with Crippen LogP contribution in [0.15, 0.2) is 45.3 Å². The number of thioether (sulfide) groups is 1. The van der Waals surface area contributed by atoms with E-state index < -0.39 is 11.3 Å². The standard InChI is InChI=1S/C14H16N2O3S.C14H16N2O3.CH2Cl2.4CH4/c1-20-14-15-12(18)11-9(4-2-3-8-5-6-8)7-10(17)19-13(11)16-14;1-8-15-13(18)12-10(4-2-3-9-5-6-9)7-11(17)19-14(12)16-8;2-1-3;;;;/h7-8H,2-6H2,1H3,(H,15,16,18);7,9H,2-6H2,1H3,(H,15,16,18);1H2;4*1H4. The summed E-state index contributed by atoms with van der Waals surface area (Å²) >= 11 is 10.8. The summed E-state index contributed by atoms with van der Waals surface area (Å²) < 4.78 is 10.1. The average molecular weight is 702 g/mol. The molecule has 13 heteroatoms. The van der Waals surface area contributed by atoms with Gasteiger partial charge in [0, 0.05) is 12.1 Å². The number of alkyl halides is 2. The van der Waals surface area contributed by atoms with Gasteiger partial charge in [-0.1, -0.05) is 80.0 Å². The zero-order chi connectivity index (χ0) is 30.2. The van der Waals surface area contributed by atoms with Crippen LogP contribution in [0.1, 0.15) is 98.0 Å². The molecular formula is C33H50Cl2N4O6S. The van der Waals surface area contributed by atoms with Gasteiger partial charge in [0.2, 0.25) is 11.4 Å². The van der Waals surface area contributed by atoms with Crippen LogP contribution in [-0.4, -0.2) is 31.5 Å². The van der Waals surface area contributed by atoms with Crippen molar-refractivity contribution >= 4 is 57.2 Å². The summed E-state index contributed by atoms with van der Waals surface area (Å²) in [5, 5.41) is 1.49. The molecular weight excluding hydrogens is 651 g/mol. The van der Waals surface area contributed by atoms with E-state index in [1.165, 1.54) is 56.0 Å². The van der Waals surface area contributed by atoms with E-state index >= 15 is 0 Å². The fraction of sp³-hybridized carbons (Fsp3) is 0.576. The highest BCUT2D eigenvalue weighted by Crippen LogP contribution is 2.34. The van der Waals surface area contributed by atoms with Gasteiger partial charge in [0.15, 0.2) is 5.16 Å². The van der Waals surface area contributed by atoms with E-state index in [0.717, 1.165) is 55.1 Å². The van der Waals surface area contributed by atoms with Gasteiger partial charge in [-0.2, -0.15) is 9.97 Å². The van der Waals surface area contributed by atoms with Gasteiger partial charge in [0.05, 0.1) is 5.34 Å². The number of H-pyrrole nitrogens is 2. The van der Waals surface area contributed by atoms with Crippen molar-refractivity contribution in [2.75, 3.05) is 11.6 Å². The molecule has 46 heavy (non-hydrogen) atoms. The summed E-state index contributed by atoms with van der Waals surface area (Å²) in [4.78, 5) is 60.9. The smallest absolute Gasteiger partial charge is 0.337 e. The van der Waals surface area contributed by atoms with E-state index in [0.29, 0.717) is 21.8 Å². The normalized spacial score (nSPS) is 13.0. The second-order valence-corrected chi connectivity index (χ2v) is 12.1. The molecule has 0 bridgehead atoms. The maximum Gasteiger partial charge on any atom is 0.337 e. The van der Waals surface area contributed by atoms with E-state index in [1.54, 1.807) is 6.92 Å². The van der Waals surface area contributed by atoms with Crippen molar-refractivity contribution in [2.24, 2.45) is 11.8 Å². The van der Waals surface area contributed by atoms with Crippen molar-refractivity contribution in [3.05, 3.63) is 70.6 Å². The van der Waals surface area contributed by atoms with Crippen LogP contribution in [0.4, 0.5) is 0 Å². The minimum Gasteiger partial charge on any atom is -0.403 e. The molecule has 0 radical (unpaired) electrons. The number of nitrogens with one attached hydrogen (secondary N) is 2. The van der Waals surface area contributed by atoms with Crippen LogP contribution in [-0.2, 0) is 12.8 Å². The number of rotatable bonds is 9. The molecule has 10 nitrogen and oxygen atoms in total. The quantitative estimate of drug-likeness (QED) is 0.0999. The molecule has 6 rings (SSSR count). The Morgan fingerprint density at radius 1 is 0.761 bits per heavy atom. The predicted molar refractivity (Wildman–Crippen MR) is 193 cm³/mol. The Bertz CT molecular complexity index is 1760. The first-order chi connectivity index (χ1) is 20.2. The van der Waals surface area contributed by atoms with Gasteiger partial charge in [0.25, 0.3) is 11.1 Å². The van der Waals surface area contributed by atoms with Crippen LogP contribution in [0, 0.1) is 18.8 Å². The Kier molecular flexibility index (Phi) is 19.1. The van der Waals surface area contributed by atoms with Gasteiger partial charge < -0.3 is 18.8 Å². The summed E-state index contributed by atoms with van der Waals surface area (Å²) in [7, 11) is 0. The molecule has 0 saturated heterocycles. The number of halogens is 2. The molecule has 0 aliphatic heterocycles. The molecule has 2 N–H and O–H groups in total. The number of hydrogen-bond donors (Lipinski definition) is 2. The Hall–Kier alpha value is -2.89. The highest BCUT2D eigenvalue weighted by molar-refractivity contribution is 7.98. The van der Waals surface area contributed by atoms with Crippen molar-refractivity contribution < 1.29 is 8.83 Å². The van der Waals surface area contributed by atoms with Gasteiger partial charge in [-0.05, 0) is 61.8 Å². The molecule has 0 atom stereocenters. The minimum absolute atomic E-state index is 0. The molecule has 0 spiro atoms. The van der Waals surface area contributed by atoms with Gasteiger partial charge >= 0.3 is 11.3 Å². The molecule has 4 aromatic heterocycles. The summed E-state index contributed by atoms with van der Waals surface area (Å²) in [5.74, 6) is 2.15. The third-order valence-corrected chi connectivity index (χ3v) is 7.77. The number of fused-ring (bicyclic) bond motifs is 2. The topological polar surface area (TPSA) is 152 Å². The Morgan fingerprint density at radius 2 is 1.17 bits per heavy atom. The van der Waals surface area contributed by atoms with Crippen molar-refractivity contribution in [2.45, 2.75) is 106 Å². The highest BCUT2D eigenvalue weighted by atomic mass is 35.5. The molecule has 2 aliphatic rings. The first kappa shape index (κ1) is 43.1. The van der Waals surface area contributed by atoms with Crippen molar-refractivity contribution in [1.29, 1.82) is 0 Å². The molecule has 258 valence electrons. The number of aryl methyl sites for hydroxylation is 3. The Morgan fingerprint density at radius 3 is 1.59 bits per heavy atom. The average Bonchev–Trinajstić information content (AvgIpc) is 3.85. The van der Waals surface area contributed by atoms with Crippen LogP contribution in [0.3, 0.4) is 0 Å². The number of aromatic amines is 2. The monoisotopic (exact) mass is 700 g/mol. The minimum atomic E-state index is -0.441. The maximum atomic E-state index is 12.1. The van der Waals surface area contributed by atoms with Crippen molar-refractivity contribution in [3.8, 4) is 0 Å². The lowest BCUT2D eigenvalue weighted by Crippen LogP contribution is -2.14. The fourth-order valence-electron chi connectivity index (χ4n) is 4.85. The van der Waals surface area contributed by atoms with Crippen molar-refractivity contribution in [1.82, 2.24) is 19.9 Å². The lowest BCUT2D eigenvalue weighted by atomic mass is 10.1. The Balaban J connectivity index is 0.000000752. The number of aromatic nitrogens is 4. The predicted octanol–water partition coefficient (Wildman–Crippen LogP) is 8.21. The van der Waals surface area contributed by atoms with Crippen molar-refractivity contribution in [3.63, 3.8) is 0 Å². The fourth-order valence-corrected chi connectivity index (χ4v) is 5.22. The summed E-state index contributed by atoms with van der Waals surface area (Å²) in [6.45, 7) is 1.67. The van der Waals surface area contributed by atoms with E-state index in [4.69, 9.17) is 32.0 Å². The van der Waals surface area contributed by atoms with Crippen LogP contribution in [0.5, 0.6) is 0 Å².